The minimum Gasteiger partial charge on any atom is -0.497 e. The van der Waals surface area contributed by atoms with Crippen molar-refractivity contribution in [2.75, 3.05) is 21.3 Å². The van der Waals surface area contributed by atoms with Gasteiger partial charge in [-0.1, -0.05) is 12.1 Å². The largest absolute Gasteiger partial charge is 0.497 e. The molecule has 0 aliphatic heterocycles. The van der Waals surface area contributed by atoms with Crippen molar-refractivity contribution >= 4 is 15.9 Å². The van der Waals surface area contributed by atoms with Gasteiger partial charge in [-0.2, -0.15) is 0 Å². The lowest BCUT2D eigenvalue weighted by molar-refractivity contribution is 0.0742. The first-order chi connectivity index (χ1) is 12.2. The van der Waals surface area contributed by atoms with Crippen molar-refractivity contribution in [3.63, 3.8) is 0 Å². The Morgan fingerprint density at radius 1 is 1.04 bits per heavy atom. The summed E-state index contributed by atoms with van der Waals surface area (Å²) in [4.78, 5) is 14.4. The Balaban J connectivity index is 2.27. The molecule has 2 rings (SSSR count). The minimum absolute atomic E-state index is 0.0277. The Labute approximate surface area is 153 Å². The molecule has 0 aliphatic rings. The van der Waals surface area contributed by atoms with Gasteiger partial charge in [0, 0.05) is 18.7 Å². The first kappa shape index (κ1) is 19.7. The number of ether oxygens (including phenoxy) is 2. The van der Waals surface area contributed by atoms with Crippen LogP contribution >= 0.6 is 0 Å². The second-order valence-electron chi connectivity index (χ2n) is 5.81. The lowest BCUT2D eigenvalue weighted by Gasteiger charge is -2.26. The van der Waals surface area contributed by atoms with Gasteiger partial charge in [0.15, 0.2) is 0 Å². The molecule has 140 valence electrons. The quantitative estimate of drug-likeness (QED) is 0.831. The molecular weight excluding hydrogens is 356 g/mol. The fraction of sp³-hybridized carbons (Fsp3) is 0.278. The average molecular weight is 378 g/mol. The minimum atomic E-state index is -3.75. The first-order valence-electron chi connectivity index (χ1n) is 7.80. The molecule has 26 heavy (non-hydrogen) atoms. The molecule has 0 aliphatic carbocycles. The molecule has 1 atom stereocenters. The van der Waals surface area contributed by atoms with Crippen LogP contribution in [0.3, 0.4) is 0 Å². The van der Waals surface area contributed by atoms with Gasteiger partial charge in [-0.3, -0.25) is 4.79 Å². The van der Waals surface area contributed by atoms with Crippen molar-refractivity contribution in [3.8, 4) is 11.5 Å². The number of hydrogen-bond acceptors (Lipinski definition) is 5. The van der Waals surface area contributed by atoms with E-state index in [9.17, 15) is 13.2 Å². The molecule has 0 fully saturated rings. The highest BCUT2D eigenvalue weighted by molar-refractivity contribution is 7.89. The highest BCUT2D eigenvalue weighted by Gasteiger charge is 2.21. The summed E-state index contributed by atoms with van der Waals surface area (Å²) in [6, 6.07) is 10.8. The molecule has 0 spiro atoms. The summed E-state index contributed by atoms with van der Waals surface area (Å²) >= 11 is 0. The molecule has 0 heterocycles. The number of carbonyl (C=O) groups is 1. The summed E-state index contributed by atoms with van der Waals surface area (Å²) in [7, 11) is 0.957. The van der Waals surface area contributed by atoms with E-state index in [2.05, 4.69) is 0 Å². The van der Waals surface area contributed by atoms with Gasteiger partial charge >= 0.3 is 0 Å². The highest BCUT2D eigenvalue weighted by Crippen LogP contribution is 2.26. The highest BCUT2D eigenvalue weighted by atomic mass is 32.2. The molecule has 0 saturated heterocycles. The molecule has 2 N–H and O–H groups in total. The second kappa shape index (κ2) is 7.76. The predicted octanol–water partition coefficient (Wildman–Crippen LogP) is 2.18. The SMILES string of the molecule is COc1cc(OC)cc(C(=O)N(C)[C@@H](C)c2ccc(S(N)(=O)=O)cc2)c1. The van der Waals surface area contributed by atoms with Crippen LogP contribution in [0.15, 0.2) is 47.4 Å². The standard InChI is InChI=1S/C18H22N2O5S/c1-12(13-5-7-17(8-6-13)26(19,22)23)20(2)18(21)14-9-15(24-3)11-16(10-14)25-4/h5-12H,1-4H3,(H2,19,22,23)/t12-/m0/s1. The van der Waals surface area contributed by atoms with E-state index in [0.29, 0.717) is 17.1 Å². The van der Waals surface area contributed by atoms with E-state index in [4.69, 9.17) is 14.6 Å². The zero-order valence-corrected chi connectivity index (χ0v) is 15.9. The monoisotopic (exact) mass is 378 g/mol. The number of carbonyl (C=O) groups excluding carboxylic acids is 1. The normalized spacial score (nSPS) is 12.3. The van der Waals surface area contributed by atoms with Gasteiger partial charge in [0.2, 0.25) is 10.0 Å². The first-order valence-corrected chi connectivity index (χ1v) is 9.35. The molecule has 0 unspecified atom stereocenters. The number of primary sulfonamides is 1. The van der Waals surface area contributed by atoms with Gasteiger partial charge in [0.1, 0.15) is 11.5 Å². The second-order valence-corrected chi connectivity index (χ2v) is 7.37. The Hall–Kier alpha value is -2.58. The van der Waals surface area contributed by atoms with Crippen LogP contribution in [0, 0.1) is 0 Å². The Bertz CT molecular complexity index is 872. The number of rotatable bonds is 6. The van der Waals surface area contributed by atoms with Crippen LogP contribution in [-0.2, 0) is 10.0 Å². The maximum atomic E-state index is 12.8. The van der Waals surface area contributed by atoms with Crippen molar-refractivity contribution in [1.29, 1.82) is 0 Å². The van der Waals surface area contributed by atoms with Gasteiger partial charge in [-0.25, -0.2) is 13.6 Å². The Morgan fingerprint density at radius 2 is 1.54 bits per heavy atom. The van der Waals surface area contributed by atoms with Crippen molar-refractivity contribution in [1.82, 2.24) is 4.90 Å². The number of nitrogens with two attached hydrogens (primary N) is 1. The number of amides is 1. The summed E-state index contributed by atoms with van der Waals surface area (Å²) in [5, 5.41) is 5.11. The maximum absolute atomic E-state index is 12.8. The van der Waals surface area contributed by atoms with E-state index in [-0.39, 0.29) is 16.8 Å². The van der Waals surface area contributed by atoms with Gasteiger partial charge in [0.25, 0.3) is 5.91 Å². The molecule has 0 saturated carbocycles. The van der Waals surface area contributed by atoms with Crippen molar-refractivity contribution in [2.45, 2.75) is 17.9 Å². The number of methoxy groups -OCH3 is 2. The number of hydrogen-bond donors (Lipinski definition) is 1. The predicted molar refractivity (Wildman–Crippen MR) is 97.9 cm³/mol. The van der Waals surface area contributed by atoms with Gasteiger partial charge in [-0.15, -0.1) is 0 Å². The van der Waals surface area contributed by atoms with Crippen molar-refractivity contribution < 1.29 is 22.7 Å². The maximum Gasteiger partial charge on any atom is 0.254 e. The summed E-state index contributed by atoms with van der Waals surface area (Å²) in [6.45, 7) is 1.85. The number of benzene rings is 2. The third kappa shape index (κ3) is 4.33. The van der Waals surface area contributed by atoms with Gasteiger partial charge in [-0.05, 0) is 36.8 Å². The molecule has 0 aromatic heterocycles. The smallest absolute Gasteiger partial charge is 0.254 e. The lowest BCUT2D eigenvalue weighted by atomic mass is 10.1. The van der Waals surface area contributed by atoms with E-state index in [1.54, 1.807) is 42.3 Å². The molecule has 0 radical (unpaired) electrons. The van der Waals surface area contributed by atoms with E-state index < -0.39 is 10.0 Å². The summed E-state index contributed by atoms with van der Waals surface area (Å²) in [6.07, 6.45) is 0. The van der Waals surface area contributed by atoms with Crippen LogP contribution in [0.2, 0.25) is 0 Å². The van der Waals surface area contributed by atoms with Crippen molar-refractivity contribution in [2.24, 2.45) is 5.14 Å². The molecule has 1 amide bonds. The van der Waals surface area contributed by atoms with E-state index in [1.165, 1.54) is 26.4 Å². The zero-order valence-electron chi connectivity index (χ0n) is 15.1. The van der Waals surface area contributed by atoms with Crippen molar-refractivity contribution in [3.05, 3.63) is 53.6 Å². The van der Waals surface area contributed by atoms with Crippen LogP contribution in [0.1, 0.15) is 28.9 Å². The van der Waals surface area contributed by atoms with Gasteiger partial charge < -0.3 is 14.4 Å². The third-order valence-corrected chi connectivity index (χ3v) is 5.12. The van der Waals surface area contributed by atoms with Crippen LogP contribution in [0.4, 0.5) is 0 Å². The Kier molecular flexibility index (Phi) is 5.89. The third-order valence-electron chi connectivity index (χ3n) is 4.19. The van der Waals surface area contributed by atoms with Crippen LogP contribution < -0.4 is 14.6 Å². The van der Waals surface area contributed by atoms with E-state index in [1.807, 2.05) is 6.92 Å². The van der Waals surface area contributed by atoms with Crippen LogP contribution in [0.5, 0.6) is 11.5 Å². The molecule has 8 heteroatoms. The molecular formula is C18H22N2O5S. The number of nitrogens with zero attached hydrogens (tertiary/aromatic N) is 1. The Morgan fingerprint density at radius 3 is 1.96 bits per heavy atom. The molecule has 2 aromatic rings. The summed E-state index contributed by atoms with van der Waals surface area (Å²) in [5.74, 6) is 0.822. The molecule has 2 aromatic carbocycles. The lowest BCUT2D eigenvalue weighted by Crippen LogP contribution is -2.29. The topological polar surface area (TPSA) is 98.9 Å². The molecule has 7 nitrogen and oxygen atoms in total. The van der Waals surface area contributed by atoms with E-state index >= 15 is 0 Å². The summed E-state index contributed by atoms with van der Waals surface area (Å²) < 4.78 is 33.1. The average Bonchev–Trinajstić information content (AvgIpc) is 2.65. The van der Waals surface area contributed by atoms with Crippen LogP contribution in [0.25, 0.3) is 0 Å². The zero-order chi connectivity index (χ0) is 19.5. The molecule has 0 bridgehead atoms. The summed E-state index contributed by atoms with van der Waals surface area (Å²) in [5.41, 5.74) is 1.21. The number of sulfonamides is 1. The fourth-order valence-corrected chi connectivity index (χ4v) is 2.99. The van der Waals surface area contributed by atoms with Gasteiger partial charge in [0.05, 0.1) is 25.2 Å². The fourth-order valence-electron chi connectivity index (χ4n) is 2.47. The van der Waals surface area contributed by atoms with Crippen LogP contribution in [-0.4, -0.2) is 40.5 Å². The van der Waals surface area contributed by atoms with E-state index in [0.717, 1.165) is 5.56 Å².